The van der Waals surface area contributed by atoms with Crippen molar-refractivity contribution in [2.45, 2.75) is 20.3 Å². The van der Waals surface area contributed by atoms with Crippen LogP contribution in [-0.2, 0) is 9.53 Å². The topological polar surface area (TPSA) is 64.6 Å². The van der Waals surface area contributed by atoms with Gasteiger partial charge in [-0.25, -0.2) is 9.97 Å². The fourth-order valence-corrected chi connectivity index (χ4v) is 2.34. The summed E-state index contributed by atoms with van der Waals surface area (Å²) in [6.45, 7) is 5.86. The number of esters is 1. The van der Waals surface area contributed by atoms with Gasteiger partial charge in [0.05, 0.1) is 25.2 Å². The molecule has 0 radical (unpaired) electrons. The molecule has 1 unspecified atom stereocenters. The molecule has 0 amide bonds. The van der Waals surface area contributed by atoms with E-state index >= 15 is 0 Å². The molecule has 0 aliphatic carbocycles. The van der Waals surface area contributed by atoms with Crippen LogP contribution in [-0.4, -0.2) is 42.7 Å². The van der Waals surface area contributed by atoms with Crippen LogP contribution in [0.25, 0.3) is 0 Å². The van der Waals surface area contributed by atoms with Crippen molar-refractivity contribution in [2.24, 2.45) is 5.92 Å². The molecule has 0 spiro atoms. The van der Waals surface area contributed by atoms with Crippen molar-refractivity contribution >= 4 is 11.8 Å². The predicted molar refractivity (Wildman–Crippen MR) is 70.3 cm³/mol. The van der Waals surface area contributed by atoms with E-state index in [4.69, 9.17) is 9.47 Å². The first kappa shape index (κ1) is 13.6. The van der Waals surface area contributed by atoms with Gasteiger partial charge in [-0.05, 0) is 20.3 Å². The fraction of sp³-hybridized carbons (Fsp3) is 0.615. The molecule has 1 aliphatic rings. The normalized spacial score (nSPS) is 18.5. The standard InChI is InChI=1S/C13H19N3O3/c1-4-19-12-9(2)11(14-8-15-12)16-6-5-10(7-16)13(17)18-3/h8,10H,4-7H2,1-3H3. The SMILES string of the molecule is CCOc1ncnc(N2CCC(C(=O)OC)C2)c1C. The average molecular weight is 265 g/mol. The Hall–Kier alpha value is -1.85. The number of methoxy groups -OCH3 is 1. The van der Waals surface area contributed by atoms with Crippen molar-refractivity contribution in [3.8, 4) is 5.88 Å². The molecule has 19 heavy (non-hydrogen) atoms. The minimum Gasteiger partial charge on any atom is -0.478 e. The van der Waals surface area contributed by atoms with Crippen LogP contribution in [0.15, 0.2) is 6.33 Å². The Bertz CT molecular complexity index is 464. The van der Waals surface area contributed by atoms with Crippen LogP contribution in [0.1, 0.15) is 18.9 Å². The molecule has 1 aliphatic heterocycles. The molecule has 1 saturated heterocycles. The third kappa shape index (κ3) is 2.77. The number of aromatic nitrogens is 2. The molecule has 1 fully saturated rings. The predicted octanol–water partition coefficient (Wildman–Crippen LogP) is 1.18. The van der Waals surface area contributed by atoms with Crippen molar-refractivity contribution in [3.63, 3.8) is 0 Å². The van der Waals surface area contributed by atoms with E-state index in [-0.39, 0.29) is 11.9 Å². The first-order valence-corrected chi connectivity index (χ1v) is 6.44. The molecule has 2 heterocycles. The van der Waals surface area contributed by atoms with E-state index in [1.807, 2.05) is 13.8 Å². The van der Waals surface area contributed by atoms with Crippen molar-refractivity contribution in [1.29, 1.82) is 0 Å². The summed E-state index contributed by atoms with van der Waals surface area (Å²) in [6.07, 6.45) is 2.29. The lowest BCUT2D eigenvalue weighted by Gasteiger charge is -2.20. The number of ether oxygens (including phenoxy) is 2. The lowest BCUT2D eigenvalue weighted by molar-refractivity contribution is -0.144. The maximum Gasteiger partial charge on any atom is 0.310 e. The van der Waals surface area contributed by atoms with E-state index in [0.29, 0.717) is 19.0 Å². The van der Waals surface area contributed by atoms with E-state index in [2.05, 4.69) is 14.9 Å². The Morgan fingerprint density at radius 2 is 2.32 bits per heavy atom. The molecule has 1 aromatic rings. The highest BCUT2D eigenvalue weighted by atomic mass is 16.5. The maximum atomic E-state index is 11.5. The van der Waals surface area contributed by atoms with Gasteiger partial charge >= 0.3 is 5.97 Å². The third-order valence-electron chi connectivity index (χ3n) is 3.31. The first-order valence-electron chi connectivity index (χ1n) is 6.44. The van der Waals surface area contributed by atoms with Crippen LogP contribution in [0, 0.1) is 12.8 Å². The van der Waals surface area contributed by atoms with Crippen LogP contribution in [0.5, 0.6) is 5.88 Å². The van der Waals surface area contributed by atoms with Gasteiger partial charge in [-0.1, -0.05) is 0 Å². The lowest BCUT2D eigenvalue weighted by Crippen LogP contribution is -2.25. The van der Waals surface area contributed by atoms with Crippen molar-refractivity contribution in [3.05, 3.63) is 11.9 Å². The van der Waals surface area contributed by atoms with Crippen LogP contribution in [0.2, 0.25) is 0 Å². The Kier molecular flexibility index (Phi) is 4.19. The molecular weight excluding hydrogens is 246 g/mol. The molecule has 6 heteroatoms. The van der Waals surface area contributed by atoms with Gasteiger partial charge in [0, 0.05) is 13.1 Å². The van der Waals surface area contributed by atoms with Crippen LogP contribution in [0.3, 0.4) is 0 Å². The zero-order valence-corrected chi connectivity index (χ0v) is 11.5. The van der Waals surface area contributed by atoms with E-state index < -0.39 is 0 Å². The minimum absolute atomic E-state index is 0.0742. The van der Waals surface area contributed by atoms with Gasteiger partial charge in [0.15, 0.2) is 0 Å². The number of hydrogen-bond acceptors (Lipinski definition) is 6. The highest BCUT2D eigenvalue weighted by Gasteiger charge is 2.30. The van der Waals surface area contributed by atoms with E-state index in [0.717, 1.165) is 24.3 Å². The second kappa shape index (κ2) is 5.86. The first-order chi connectivity index (χ1) is 9.17. The van der Waals surface area contributed by atoms with E-state index in [1.54, 1.807) is 0 Å². The van der Waals surface area contributed by atoms with Crippen molar-refractivity contribution < 1.29 is 14.3 Å². The number of anilines is 1. The van der Waals surface area contributed by atoms with Gasteiger partial charge in [0.2, 0.25) is 5.88 Å². The molecule has 0 saturated carbocycles. The Labute approximate surface area is 112 Å². The zero-order chi connectivity index (χ0) is 13.8. The third-order valence-corrected chi connectivity index (χ3v) is 3.31. The molecule has 0 aromatic carbocycles. The summed E-state index contributed by atoms with van der Waals surface area (Å²) in [5.41, 5.74) is 0.912. The number of carbonyl (C=O) groups excluding carboxylic acids is 1. The van der Waals surface area contributed by atoms with E-state index in [9.17, 15) is 4.79 Å². The number of hydrogen-bond donors (Lipinski definition) is 0. The second-order valence-electron chi connectivity index (χ2n) is 4.52. The molecule has 2 rings (SSSR count). The lowest BCUT2D eigenvalue weighted by atomic mass is 10.1. The highest BCUT2D eigenvalue weighted by molar-refractivity contribution is 5.74. The number of rotatable bonds is 4. The zero-order valence-electron chi connectivity index (χ0n) is 11.5. The molecule has 6 nitrogen and oxygen atoms in total. The van der Waals surface area contributed by atoms with Gasteiger partial charge < -0.3 is 14.4 Å². The molecule has 1 aromatic heterocycles. The molecular formula is C13H19N3O3. The molecule has 0 bridgehead atoms. The quantitative estimate of drug-likeness (QED) is 0.762. The van der Waals surface area contributed by atoms with Crippen LogP contribution >= 0.6 is 0 Å². The van der Waals surface area contributed by atoms with Gasteiger partial charge in [0.25, 0.3) is 0 Å². The molecule has 104 valence electrons. The summed E-state index contributed by atoms with van der Waals surface area (Å²) in [7, 11) is 1.42. The monoisotopic (exact) mass is 265 g/mol. The molecule has 1 atom stereocenters. The highest BCUT2D eigenvalue weighted by Crippen LogP contribution is 2.28. The number of carbonyl (C=O) groups is 1. The Morgan fingerprint density at radius 3 is 3.00 bits per heavy atom. The van der Waals surface area contributed by atoms with Crippen LogP contribution < -0.4 is 9.64 Å². The molecule has 0 N–H and O–H groups in total. The van der Waals surface area contributed by atoms with Gasteiger partial charge in [-0.3, -0.25) is 4.79 Å². The van der Waals surface area contributed by atoms with Crippen LogP contribution in [0.4, 0.5) is 5.82 Å². The summed E-state index contributed by atoms with van der Waals surface area (Å²) in [6, 6.07) is 0. The van der Waals surface area contributed by atoms with Gasteiger partial charge in [-0.15, -0.1) is 0 Å². The maximum absolute atomic E-state index is 11.5. The summed E-state index contributed by atoms with van der Waals surface area (Å²) in [4.78, 5) is 22.0. The minimum atomic E-state index is -0.153. The van der Waals surface area contributed by atoms with Gasteiger partial charge in [0.1, 0.15) is 12.1 Å². The fourth-order valence-electron chi connectivity index (χ4n) is 2.34. The summed E-state index contributed by atoms with van der Waals surface area (Å²) in [5.74, 6) is 1.22. The largest absolute Gasteiger partial charge is 0.478 e. The Balaban J connectivity index is 2.15. The second-order valence-corrected chi connectivity index (χ2v) is 4.52. The summed E-state index contributed by atoms with van der Waals surface area (Å²) < 4.78 is 10.3. The summed E-state index contributed by atoms with van der Waals surface area (Å²) in [5, 5.41) is 0. The average Bonchev–Trinajstić information content (AvgIpc) is 2.90. The van der Waals surface area contributed by atoms with Gasteiger partial charge in [-0.2, -0.15) is 0 Å². The summed E-state index contributed by atoms with van der Waals surface area (Å²) >= 11 is 0. The Morgan fingerprint density at radius 1 is 1.53 bits per heavy atom. The number of nitrogens with zero attached hydrogens (tertiary/aromatic N) is 3. The van der Waals surface area contributed by atoms with Crippen molar-refractivity contribution in [2.75, 3.05) is 31.7 Å². The van der Waals surface area contributed by atoms with Crippen molar-refractivity contribution in [1.82, 2.24) is 9.97 Å². The van der Waals surface area contributed by atoms with E-state index in [1.165, 1.54) is 13.4 Å². The smallest absolute Gasteiger partial charge is 0.310 e.